The van der Waals surface area contributed by atoms with Crippen molar-refractivity contribution in [2.24, 2.45) is 10.9 Å². The molecule has 3 heteroatoms. The van der Waals surface area contributed by atoms with Gasteiger partial charge in [0.05, 0.1) is 11.6 Å². The van der Waals surface area contributed by atoms with E-state index in [4.69, 9.17) is 5.11 Å². The van der Waals surface area contributed by atoms with E-state index in [1.807, 2.05) is 30.3 Å². The van der Waals surface area contributed by atoms with E-state index in [1.165, 1.54) is 0 Å². The number of hydrogen-bond acceptors (Lipinski definition) is 2. The van der Waals surface area contributed by atoms with Crippen LogP contribution in [0.5, 0.6) is 0 Å². The second-order valence-electron chi connectivity index (χ2n) is 3.15. The number of hydrogen-bond donors (Lipinski definition) is 1. The Kier molecular flexibility index (Phi) is 3.40. The van der Waals surface area contributed by atoms with E-state index in [9.17, 15) is 4.79 Å². The van der Waals surface area contributed by atoms with Crippen molar-refractivity contribution in [3.8, 4) is 0 Å². The summed E-state index contributed by atoms with van der Waals surface area (Å²) in [6.45, 7) is 3.36. The predicted octanol–water partition coefficient (Wildman–Crippen LogP) is 2.50. The molecule has 0 aromatic heterocycles. The summed E-state index contributed by atoms with van der Waals surface area (Å²) in [7, 11) is 0. The van der Waals surface area contributed by atoms with Gasteiger partial charge in [-0.15, -0.1) is 0 Å². The number of benzene rings is 1. The molecule has 0 saturated heterocycles. The minimum absolute atomic E-state index is 0.532. The van der Waals surface area contributed by atoms with Gasteiger partial charge in [0, 0.05) is 5.71 Å². The molecule has 0 amide bonds. The van der Waals surface area contributed by atoms with Crippen molar-refractivity contribution in [3.63, 3.8) is 0 Å². The highest BCUT2D eigenvalue weighted by Gasteiger charge is 2.13. The van der Waals surface area contributed by atoms with Crippen LogP contribution in [0.2, 0.25) is 0 Å². The standard InChI is InChI=1S/C11H13NO2/c1-8(11(13)14)9(2)12-10-6-4-3-5-7-10/h3-8H,1-2H3,(H,13,14). The summed E-state index contributed by atoms with van der Waals surface area (Å²) < 4.78 is 0. The first kappa shape index (κ1) is 10.4. The zero-order valence-corrected chi connectivity index (χ0v) is 8.27. The van der Waals surface area contributed by atoms with Crippen LogP contribution >= 0.6 is 0 Å². The summed E-state index contributed by atoms with van der Waals surface area (Å²) in [5.74, 6) is -1.38. The van der Waals surface area contributed by atoms with E-state index in [2.05, 4.69) is 4.99 Å². The van der Waals surface area contributed by atoms with Crippen molar-refractivity contribution in [1.29, 1.82) is 0 Å². The fraction of sp³-hybridized carbons (Fsp3) is 0.273. The molecule has 0 bridgehead atoms. The Morgan fingerprint density at radius 3 is 2.43 bits per heavy atom. The summed E-state index contributed by atoms with van der Waals surface area (Å²) in [5.41, 5.74) is 1.40. The first-order chi connectivity index (χ1) is 6.61. The van der Waals surface area contributed by atoms with Crippen LogP contribution in [0.3, 0.4) is 0 Å². The van der Waals surface area contributed by atoms with Gasteiger partial charge in [-0.2, -0.15) is 0 Å². The van der Waals surface area contributed by atoms with Crippen molar-refractivity contribution < 1.29 is 9.90 Å². The first-order valence-corrected chi connectivity index (χ1v) is 4.44. The zero-order valence-electron chi connectivity index (χ0n) is 8.27. The minimum Gasteiger partial charge on any atom is -0.481 e. The van der Waals surface area contributed by atoms with Gasteiger partial charge in [-0.25, -0.2) is 0 Å². The number of carboxylic acid groups (broad SMARTS) is 1. The minimum atomic E-state index is -0.845. The maximum absolute atomic E-state index is 10.7. The van der Waals surface area contributed by atoms with Crippen LogP contribution in [0.4, 0.5) is 5.69 Å². The Bertz CT molecular complexity index is 344. The van der Waals surface area contributed by atoms with Crippen LogP contribution in [-0.4, -0.2) is 16.8 Å². The highest BCUT2D eigenvalue weighted by atomic mass is 16.4. The lowest BCUT2D eigenvalue weighted by Crippen LogP contribution is -2.17. The molecule has 1 atom stereocenters. The lowest BCUT2D eigenvalue weighted by Gasteiger charge is -2.04. The van der Waals surface area contributed by atoms with Crippen LogP contribution in [0.1, 0.15) is 13.8 Å². The number of aliphatic imine (C=N–C) groups is 1. The smallest absolute Gasteiger partial charge is 0.311 e. The Morgan fingerprint density at radius 2 is 1.93 bits per heavy atom. The molecule has 1 aromatic carbocycles. The van der Waals surface area contributed by atoms with Gasteiger partial charge in [0.1, 0.15) is 0 Å². The van der Waals surface area contributed by atoms with Crippen molar-refractivity contribution in [2.75, 3.05) is 0 Å². The van der Waals surface area contributed by atoms with Crippen molar-refractivity contribution >= 4 is 17.4 Å². The summed E-state index contributed by atoms with van der Waals surface area (Å²) in [6.07, 6.45) is 0. The number of para-hydroxylation sites is 1. The topological polar surface area (TPSA) is 49.7 Å². The Labute approximate surface area is 83.1 Å². The highest BCUT2D eigenvalue weighted by Crippen LogP contribution is 2.12. The van der Waals surface area contributed by atoms with E-state index in [1.54, 1.807) is 13.8 Å². The van der Waals surface area contributed by atoms with Gasteiger partial charge in [0.25, 0.3) is 0 Å². The van der Waals surface area contributed by atoms with E-state index in [0.29, 0.717) is 5.71 Å². The summed E-state index contributed by atoms with van der Waals surface area (Å²) in [6, 6.07) is 9.33. The zero-order chi connectivity index (χ0) is 10.6. The average Bonchev–Trinajstić information content (AvgIpc) is 2.18. The lowest BCUT2D eigenvalue weighted by molar-refractivity contribution is -0.138. The molecule has 0 saturated carbocycles. The normalized spacial score (nSPS) is 13.7. The molecule has 14 heavy (non-hydrogen) atoms. The molecule has 0 aliphatic heterocycles. The second-order valence-corrected chi connectivity index (χ2v) is 3.15. The molecule has 1 unspecified atom stereocenters. The van der Waals surface area contributed by atoms with E-state index >= 15 is 0 Å². The molecule has 0 aliphatic rings. The van der Waals surface area contributed by atoms with E-state index in [-0.39, 0.29) is 0 Å². The molecule has 0 aliphatic carbocycles. The largest absolute Gasteiger partial charge is 0.481 e. The molecule has 0 spiro atoms. The third-order valence-corrected chi connectivity index (χ3v) is 2.06. The average molecular weight is 191 g/mol. The van der Waals surface area contributed by atoms with Gasteiger partial charge in [-0.3, -0.25) is 9.79 Å². The van der Waals surface area contributed by atoms with Crippen molar-refractivity contribution in [2.45, 2.75) is 13.8 Å². The predicted molar refractivity (Wildman–Crippen MR) is 56.0 cm³/mol. The maximum atomic E-state index is 10.7. The van der Waals surface area contributed by atoms with Gasteiger partial charge < -0.3 is 5.11 Å². The quantitative estimate of drug-likeness (QED) is 0.746. The monoisotopic (exact) mass is 191 g/mol. The molecule has 1 aromatic rings. The second kappa shape index (κ2) is 4.56. The first-order valence-electron chi connectivity index (χ1n) is 4.44. The molecule has 0 heterocycles. The van der Waals surface area contributed by atoms with Gasteiger partial charge in [0.15, 0.2) is 0 Å². The molecule has 74 valence electrons. The van der Waals surface area contributed by atoms with Gasteiger partial charge in [-0.05, 0) is 26.0 Å². The summed E-state index contributed by atoms with van der Waals surface area (Å²) >= 11 is 0. The summed E-state index contributed by atoms with van der Waals surface area (Å²) in [5, 5.41) is 8.75. The Balaban J connectivity index is 2.84. The fourth-order valence-corrected chi connectivity index (χ4v) is 0.982. The molecular weight excluding hydrogens is 178 g/mol. The molecule has 3 nitrogen and oxygen atoms in total. The molecule has 0 fully saturated rings. The Hall–Kier alpha value is -1.64. The molecule has 1 N–H and O–H groups in total. The van der Waals surface area contributed by atoms with Gasteiger partial charge >= 0.3 is 5.97 Å². The highest BCUT2D eigenvalue weighted by molar-refractivity contribution is 6.00. The summed E-state index contributed by atoms with van der Waals surface area (Å²) in [4.78, 5) is 14.9. The number of carbonyl (C=O) groups is 1. The number of nitrogens with zero attached hydrogens (tertiary/aromatic N) is 1. The lowest BCUT2D eigenvalue weighted by atomic mass is 10.1. The number of carboxylic acids is 1. The third kappa shape index (κ3) is 2.69. The number of aliphatic carboxylic acids is 1. The van der Waals surface area contributed by atoms with Crippen LogP contribution in [-0.2, 0) is 4.79 Å². The molecular formula is C11H13NO2. The fourth-order valence-electron chi connectivity index (χ4n) is 0.982. The van der Waals surface area contributed by atoms with Crippen molar-refractivity contribution in [1.82, 2.24) is 0 Å². The van der Waals surface area contributed by atoms with E-state index in [0.717, 1.165) is 5.69 Å². The molecule has 0 radical (unpaired) electrons. The maximum Gasteiger partial charge on any atom is 0.311 e. The van der Waals surface area contributed by atoms with Crippen LogP contribution in [0, 0.1) is 5.92 Å². The SMILES string of the molecule is CC(=Nc1ccccc1)C(C)C(=O)O. The number of rotatable bonds is 3. The molecule has 1 rings (SSSR count). The Morgan fingerprint density at radius 1 is 1.36 bits per heavy atom. The van der Waals surface area contributed by atoms with Crippen LogP contribution < -0.4 is 0 Å². The van der Waals surface area contributed by atoms with Gasteiger partial charge in [-0.1, -0.05) is 18.2 Å². The van der Waals surface area contributed by atoms with Crippen molar-refractivity contribution in [3.05, 3.63) is 30.3 Å². The van der Waals surface area contributed by atoms with Crippen LogP contribution in [0.15, 0.2) is 35.3 Å². The van der Waals surface area contributed by atoms with E-state index < -0.39 is 11.9 Å². The van der Waals surface area contributed by atoms with Gasteiger partial charge in [0.2, 0.25) is 0 Å². The van der Waals surface area contributed by atoms with Crippen LogP contribution in [0.25, 0.3) is 0 Å². The third-order valence-electron chi connectivity index (χ3n) is 2.06.